The van der Waals surface area contributed by atoms with E-state index in [4.69, 9.17) is 10.5 Å². The molecule has 0 aliphatic carbocycles. The van der Waals surface area contributed by atoms with Crippen molar-refractivity contribution in [3.63, 3.8) is 0 Å². The number of para-hydroxylation sites is 1. The largest absolute Gasteiger partial charge is 0.491 e. The average molecular weight is 257 g/mol. The summed E-state index contributed by atoms with van der Waals surface area (Å²) in [5, 5.41) is 0. The first-order valence-corrected chi connectivity index (χ1v) is 6.68. The molecular formula is C15H19N3O. The first kappa shape index (κ1) is 12.2. The third-order valence-corrected chi connectivity index (χ3v) is 3.67. The average Bonchev–Trinajstić information content (AvgIpc) is 2.89. The fourth-order valence-corrected chi connectivity index (χ4v) is 2.68. The molecular weight excluding hydrogens is 238 g/mol. The summed E-state index contributed by atoms with van der Waals surface area (Å²) in [7, 11) is 0. The van der Waals surface area contributed by atoms with Crippen LogP contribution in [0.4, 0.5) is 0 Å². The Kier molecular flexibility index (Phi) is 3.03. The maximum atomic E-state index is 6.42. The van der Waals surface area contributed by atoms with Crippen LogP contribution in [0.3, 0.4) is 0 Å². The Morgan fingerprint density at radius 2 is 2.16 bits per heavy atom. The van der Waals surface area contributed by atoms with Crippen molar-refractivity contribution < 1.29 is 4.74 Å². The predicted octanol–water partition coefficient (Wildman–Crippen LogP) is 2.64. The van der Waals surface area contributed by atoms with Crippen LogP contribution in [0.2, 0.25) is 0 Å². The molecule has 3 rings (SSSR count). The molecule has 2 heterocycles. The standard InChI is InChI=1S/C15H19N3O/c1-10(2)15-17-7-8-18(15)12-9-19-13-6-4-3-5-11(13)14(12)16/h3-8,10,12,14H,9,16H2,1-2H3. The van der Waals surface area contributed by atoms with Crippen LogP contribution in [0, 0.1) is 0 Å². The lowest BCUT2D eigenvalue weighted by molar-refractivity contribution is 0.194. The molecule has 1 aromatic heterocycles. The number of hydrogen-bond acceptors (Lipinski definition) is 3. The van der Waals surface area contributed by atoms with Gasteiger partial charge in [0.15, 0.2) is 0 Å². The van der Waals surface area contributed by atoms with Gasteiger partial charge in [0, 0.05) is 23.9 Å². The first-order chi connectivity index (χ1) is 9.18. The molecule has 19 heavy (non-hydrogen) atoms. The third-order valence-electron chi connectivity index (χ3n) is 3.67. The van der Waals surface area contributed by atoms with Crippen LogP contribution < -0.4 is 10.5 Å². The van der Waals surface area contributed by atoms with Gasteiger partial charge < -0.3 is 15.0 Å². The fourth-order valence-electron chi connectivity index (χ4n) is 2.68. The Morgan fingerprint density at radius 1 is 1.37 bits per heavy atom. The quantitative estimate of drug-likeness (QED) is 0.899. The van der Waals surface area contributed by atoms with Gasteiger partial charge in [-0.25, -0.2) is 4.98 Å². The highest BCUT2D eigenvalue weighted by Gasteiger charge is 2.30. The summed E-state index contributed by atoms with van der Waals surface area (Å²) in [6.45, 7) is 4.87. The van der Waals surface area contributed by atoms with E-state index in [0.29, 0.717) is 12.5 Å². The van der Waals surface area contributed by atoms with Gasteiger partial charge in [-0.3, -0.25) is 0 Å². The van der Waals surface area contributed by atoms with Gasteiger partial charge in [0.05, 0.1) is 12.1 Å². The van der Waals surface area contributed by atoms with E-state index in [1.807, 2.05) is 36.7 Å². The molecule has 0 saturated carbocycles. The SMILES string of the molecule is CC(C)c1nccn1C1COc2ccccc2C1N. The van der Waals surface area contributed by atoms with Gasteiger partial charge in [-0.1, -0.05) is 32.0 Å². The first-order valence-electron chi connectivity index (χ1n) is 6.68. The molecule has 2 N–H and O–H groups in total. The molecule has 1 aliphatic rings. The molecule has 1 aliphatic heterocycles. The number of benzene rings is 1. The van der Waals surface area contributed by atoms with E-state index in [2.05, 4.69) is 23.4 Å². The monoisotopic (exact) mass is 257 g/mol. The Balaban J connectivity index is 1.98. The number of imidazole rings is 1. The number of ether oxygens (including phenoxy) is 1. The van der Waals surface area contributed by atoms with Crippen LogP contribution in [0.15, 0.2) is 36.7 Å². The van der Waals surface area contributed by atoms with Crippen LogP contribution in [0.1, 0.15) is 43.2 Å². The zero-order valence-corrected chi connectivity index (χ0v) is 11.3. The Bertz CT molecular complexity index is 576. The summed E-state index contributed by atoms with van der Waals surface area (Å²) < 4.78 is 7.99. The molecule has 0 amide bonds. The number of rotatable bonds is 2. The number of nitrogens with zero attached hydrogens (tertiary/aromatic N) is 2. The highest BCUT2D eigenvalue weighted by Crippen LogP contribution is 2.37. The van der Waals surface area contributed by atoms with E-state index >= 15 is 0 Å². The zero-order valence-electron chi connectivity index (χ0n) is 11.3. The normalized spacial score (nSPS) is 22.1. The topological polar surface area (TPSA) is 53.1 Å². The van der Waals surface area contributed by atoms with E-state index in [0.717, 1.165) is 17.1 Å². The van der Waals surface area contributed by atoms with E-state index in [1.54, 1.807) is 0 Å². The molecule has 100 valence electrons. The van der Waals surface area contributed by atoms with Crippen molar-refractivity contribution in [1.82, 2.24) is 9.55 Å². The van der Waals surface area contributed by atoms with Gasteiger partial charge in [0.2, 0.25) is 0 Å². The highest BCUT2D eigenvalue weighted by atomic mass is 16.5. The van der Waals surface area contributed by atoms with E-state index < -0.39 is 0 Å². The summed E-state index contributed by atoms with van der Waals surface area (Å²) in [5.41, 5.74) is 7.49. The van der Waals surface area contributed by atoms with Gasteiger partial charge >= 0.3 is 0 Å². The van der Waals surface area contributed by atoms with Crippen molar-refractivity contribution in [1.29, 1.82) is 0 Å². The summed E-state index contributed by atoms with van der Waals surface area (Å²) in [5.74, 6) is 2.33. The van der Waals surface area contributed by atoms with Crippen molar-refractivity contribution >= 4 is 0 Å². The lowest BCUT2D eigenvalue weighted by Gasteiger charge is -2.33. The number of aromatic nitrogens is 2. The summed E-state index contributed by atoms with van der Waals surface area (Å²) in [4.78, 5) is 4.43. The molecule has 4 heteroatoms. The molecule has 2 atom stereocenters. The molecule has 0 saturated heterocycles. The summed E-state index contributed by atoms with van der Waals surface area (Å²) in [6.07, 6.45) is 3.83. The van der Waals surface area contributed by atoms with E-state index in [-0.39, 0.29) is 12.1 Å². The highest BCUT2D eigenvalue weighted by molar-refractivity contribution is 5.38. The van der Waals surface area contributed by atoms with Crippen molar-refractivity contribution in [3.8, 4) is 5.75 Å². The van der Waals surface area contributed by atoms with Crippen molar-refractivity contribution in [2.75, 3.05) is 6.61 Å². The molecule has 0 bridgehead atoms. The molecule has 0 radical (unpaired) electrons. The number of fused-ring (bicyclic) bond motifs is 1. The maximum Gasteiger partial charge on any atom is 0.124 e. The second kappa shape index (κ2) is 4.70. The van der Waals surface area contributed by atoms with Gasteiger partial charge in [-0.2, -0.15) is 0 Å². The van der Waals surface area contributed by atoms with Gasteiger partial charge in [0.25, 0.3) is 0 Å². The fraction of sp³-hybridized carbons (Fsp3) is 0.400. The predicted molar refractivity (Wildman–Crippen MR) is 74.2 cm³/mol. The second-order valence-electron chi connectivity index (χ2n) is 5.29. The van der Waals surface area contributed by atoms with Crippen molar-refractivity contribution in [2.45, 2.75) is 31.8 Å². The van der Waals surface area contributed by atoms with E-state index in [1.165, 1.54) is 0 Å². The van der Waals surface area contributed by atoms with Crippen LogP contribution in [-0.4, -0.2) is 16.2 Å². The maximum absolute atomic E-state index is 6.42. The van der Waals surface area contributed by atoms with Crippen LogP contribution in [0.25, 0.3) is 0 Å². The minimum atomic E-state index is -0.0587. The zero-order chi connectivity index (χ0) is 13.4. The minimum Gasteiger partial charge on any atom is -0.491 e. The second-order valence-corrected chi connectivity index (χ2v) is 5.29. The van der Waals surface area contributed by atoms with Crippen molar-refractivity contribution in [3.05, 3.63) is 48.0 Å². The summed E-state index contributed by atoms with van der Waals surface area (Å²) >= 11 is 0. The van der Waals surface area contributed by atoms with Crippen LogP contribution in [-0.2, 0) is 0 Å². The third kappa shape index (κ3) is 2.02. The van der Waals surface area contributed by atoms with E-state index in [9.17, 15) is 0 Å². The van der Waals surface area contributed by atoms with Crippen LogP contribution in [0.5, 0.6) is 5.75 Å². The van der Waals surface area contributed by atoms with Crippen molar-refractivity contribution in [2.24, 2.45) is 5.73 Å². The number of hydrogen-bond donors (Lipinski definition) is 1. The molecule has 2 aromatic rings. The molecule has 1 aromatic carbocycles. The lowest BCUT2D eigenvalue weighted by Crippen LogP contribution is -2.34. The Labute approximate surface area is 113 Å². The smallest absolute Gasteiger partial charge is 0.124 e. The molecule has 4 nitrogen and oxygen atoms in total. The van der Waals surface area contributed by atoms with Gasteiger partial charge in [0.1, 0.15) is 18.2 Å². The van der Waals surface area contributed by atoms with Crippen LogP contribution >= 0.6 is 0 Å². The van der Waals surface area contributed by atoms with Gasteiger partial charge in [-0.15, -0.1) is 0 Å². The summed E-state index contributed by atoms with van der Waals surface area (Å²) in [6, 6.07) is 8.04. The lowest BCUT2D eigenvalue weighted by atomic mass is 9.96. The molecule has 2 unspecified atom stereocenters. The molecule has 0 fully saturated rings. The Hall–Kier alpha value is -1.81. The number of nitrogens with two attached hydrogens (primary N) is 1. The minimum absolute atomic E-state index is 0.0587. The van der Waals surface area contributed by atoms with Gasteiger partial charge in [-0.05, 0) is 6.07 Å². The Morgan fingerprint density at radius 3 is 2.95 bits per heavy atom. The molecule has 0 spiro atoms.